The summed E-state index contributed by atoms with van der Waals surface area (Å²) >= 11 is 14.2. The van der Waals surface area contributed by atoms with Gasteiger partial charge in [0.15, 0.2) is 0 Å². The van der Waals surface area contributed by atoms with Crippen LogP contribution >= 0.6 is 23.2 Å². The molecule has 5 heterocycles. The van der Waals surface area contributed by atoms with Crippen molar-refractivity contribution in [2.75, 3.05) is 20.2 Å². The van der Waals surface area contributed by atoms with E-state index in [0.29, 0.717) is 65.3 Å². The van der Waals surface area contributed by atoms with Crippen LogP contribution in [0.1, 0.15) is 36.8 Å². The van der Waals surface area contributed by atoms with Crippen molar-refractivity contribution >= 4 is 40.7 Å². The number of rotatable bonds is 11. The van der Waals surface area contributed by atoms with Gasteiger partial charge in [-0.3, -0.25) is 23.7 Å². The van der Waals surface area contributed by atoms with E-state index in [-0.39, 0.29) is 24.1 Å². The second kappa shape index (κ2) is 14.8. The monoisotopic (exact) mass is 726 g/mol. The molecule has 262 valence electrons. The molecule has 2 aliphatic rings. The molecule has 0 aliphatic carbocycles. The fraction of sp³-hybridized carbons (Fsp3) is 0.289. The second-order valence-electron chi connectivity index (χ2n) is 12.8. The van der Waals surface area contributed by atoms with Crippen LogP contribution in [0.25, 0.3) is 39.2 Å². The Morgan fingerprint density at radius 2 is 1.75 bits per heavy atom. The number of nitrogens with zero attached hydrogens (tertiary/aromatic N) is 4. The normalized spacial score (nSPS) is 17.6. The molecule has 11 nitrogen and oxygen atoms in total. The van der Waals surface area contributed by atoms with Crippen molar-refractivity contribution in [2.45, 2.75) is 50.9 Å². The van der Waals surface area contributed by atoms with Crippen LogP contribution in [0, 0.1) is 0 Å². The number of benzene rings is 2. The number of carbonyl (C=O) groups is 2. The topological polar surface area (TPSA) is 138 Å². The summed E-state index contributed by atoms with van der Waals surface area (Å²) in [7, 11) is 1.58. The van der Waals surface area contributed by atoms with Crippen molar-refractivity contribution in [3.63, 3.8) is 0 Å². The first-order valence-corrected chi connectivity index (χ1v) is 17.6. The number of nitrogens with one attached hydrogen (secondary N) is 2. The van der Waals surface area contributed by atoms with E-state index >= 15 is 0 Å². The molecule has 0 spiro atoms. The number of pyridine rings is 2. The third-order valence-corrected chi connectivity index (χ3v) is 10.4. The zero-order valence-corrected chi connectivity index (χ0v) is 29.4. The number of carboxylic acids is 1. The number of methoxy groups -OCH3 is 1. The summed E-state index contributed by atoms with van der Waals surface area (Å²) < 4.78 is 7.11. The third-order valence-electron chi connectivity index (χ3n) is 9.60. The van der Waals surface area contributed by atoms with Gasteiger partial charge in [0.2, 0.25) is 11.8 Å². The predicted molar refractivity (Wildman–Crippen MR) is 196 cm³/mol. The minimum Gasteiger partial charge on any atom is -0.481 e. The van der Waals surface area contributed by atoms with E-state index in [9.17, 15) is 19.5 Å². The highest BCUT2D eigenvalue weighted by Gasteiger charge is 2.31. The molecule has 7 rings (SSSR count). The maximum atomic E-state index is 13.4. The summed E-state index contributed by atoms with van der Waals surface area (Å²) in [6, 6.07) is 18.4. The van der Waals surface area contributed by atoms with Gasteiger partial charge in [0.05, 0.1) is 28.4 Å². The standard InChI is InChI=1S/C38H36Cl2N6O5/c1-51-36-23(18-41-20-25-11-13-33(47)43-25)10-12-30(44-36)29-8-3-7-28(35(29)40)27-6-2-5-26(34(27)39)22-14-16-46-32(17-22)42-19-24(37(46)48)21-45-15-4-9-31(45)38(49)50/h2-3,5-8,10,12,14,16-17,19,25,31,41H,4,9,11,13,15,18,20-21H2,1H3,(H,43,47)(H,49,50)/t25-,31-/m0/s1. The predicted octanol–water partition coefficient (Wildman–Crippen LogP) is 5.82. The average molecular weight is 728 g/mol. The van der Waals surface area contributed by atoms with Crippen molar-refractivity contribution in [3.05, 3.63) is 105 Å². The lowest BCUT2D eigenvalue weighted by atomic mass is 9.97. The summed E-state index contributed by atoms with van der Waals surface area (Å²) in [6.45, 7) is 2.05. The molecule has 13 heteroatoms. The average Bonchev–Trinajstić information content (AvgIpc) is 3.78. The van der Waals surface area contributed by atoms with E-state index < -0.39 is 12.0 Å². The molecule has 0 radical (unpaired) electrons. The lowest BCUT2D eigenvalue weighted by Gasteiger charge is -2.20. The number of hydrogen-bond donors (Lipinski definition) is 3. The first-order valence-electron chi connectivity index (χ1n) is 16.8. The summed E-state index contributed by atoms with van der Waals surface area (Å²) in [5.74, 6) is -0.306. The molecule has 2 fully saturated rings. The smallest absolute Gasteiger partial charge is 0.320 e. The molecule has 1 amide bonds. The number of halogens is 2. The zero-order valence-electron chi connectivity index (χ0n) is 27.9. The van der Waals surface area contributed by atoms with Crippen LogP contribution in [0.5, 0.6) is 5.88 Å². The van der Waals surface area contributed by atoms with Crippen LogP contribution in [0.3, 0.4) is 0 Å². The Kier molecular flexibility index (Phi) is 10.1. The van der Waals surface area contributed by atoms with E-state index in [1.165, 1.54) is 10.6 Å². The molecule has 0 saturated carbocycles. The maximum Gasteiger partial charge on any atom is 0.320 e. The highest BCUT2D eigenvalue weighted by Crippen LogP contribution is 2.42. The summed E-state index contributed by atoms with van der Waals surface area (Å²) in [5, 5.41) is 16.9. The number of carbonyl (C=O) groups excluding carboxylic acids is 1. The van der Waals surface area contributed by atoms with Crippen molar-refractivity contribution in [1.82, 2.24) is 29.9 Å². The molecule has 0 unspecified atom stereocenters. The zero-order chi connectivity index (χ0) is 35.6. The fourth-order valence-electron chi connectivity index (χ4n) is 6.95. The molecule has 2 atom stereocenters. The fourth-order valence-corrected chi connectivity index (χ4v) is 7.61. The first-order chi connectivity index (χ1) is 24.7. The number of ether oxygens (including phenoxy) is 1. The van der Waals surface area contributed by atoms with Gasteiger partial charge >= 0.3 is 5.97 Å². The Labute approximate surface area is 304 Å². The molecule has 51 heavy (non-hydrogen) atoms. The second-order valence-corrected chi connectivity index (χ2v) is 13.6. The lowest BCUT2D eigenvalue weighted by molar-refractivity contribution is -0.142. The largest absolute Gasteiger partial charge is 0.481 e. The number of aliphatic carboxylic acids is 1. The summed E-state index contributed by atoms with van der Waals surface area (Å²) in [5.41, 5.74) is 5.87. The minimum atomic E-state index is -0.873. The van der Waals surface area contributed by atoms with Gasteiger partial charge in [0.1, 0.15) is 11.7 Å². The van der Waals surface area contributed by atoms with Gasteiger partial charge in [-0.2, -0.15) is 0 Å². The third kappa shape index (κ3) is 7.07. The number of fused-ring (bicyclic) bond motifs is 1. The van der Waals surface area contributed by atoms with E-state index in [0.717, 1.165) is 46.2 Å². The van der Waals surface area contributed by atoms with Gasteiger partial charge in [0.25, 0.3) is 5.56 Å². The van der Waals surface area contributed by atoms with Gasteiger partial charge in [0, 0.05) is 72.3 Å². The molecule has 2 aliphatic heterocycles. The van der Waals surface area contributed by atoms with Crippen LogP contribution in [-0.2, 0) is 22.7 Å². The number of carboxylic acid groups (broad SMARTS) is 1. The molecule has 5 aromatic rings. The van der Waals surface area contributed by atoms with Gasteiger partial charge in [-0.1, -0.05) is 65.7 Å². The van der Waals surface area contributed by atoms with Crippen LogP contribution < -0.4 is 20.9 Å². The van der Waals surface area contributed by atoms with Crippen molar-refractivity contribution in [1.29, 1.82) is 0 Å². The van der Waals surface area contributed by atoms with Gasteiger partial charge < -0.3 is 20.5 Å². The Bertz CT molecular complexity index is 2210. The quantitative estimate of drug-likeness (QED) is 0.154. The molecule has 2 aromatic carbocycles. The summed E-state index contributed by atoms with van der Waals surface area (Å²) in [6.07, 6.45) is 5.93. The SMILES string of the molecule is COc1nc(-c2cccc(-c3cccc(-c4ccn5c(=O)c(CN6CCC[C@H]6C(=O)O)cnc5c4)c3Cl)c2Cl)ccc1CNC[C@@H]1CCC(=O)N1. The van der Waals surface area contributed by atoms with Crippen LogP contribution in [0.15, 0.2) is 77.9 Å². The molecule has 2 saturated heterocycles. The summed E-state index contributed by atoms with van der Waals surface area (Å²) in [4.78, 5) is 47.7. The van der Waals surface area contributed by atoms with Crippen molar-refractivity contribution in [3.8, 4) is 39.4 Å². The lowest BCUT2D eigenvalue weighted by Crippen LogP contribution is -2.37. The maximum absolute atomic E-state index is 13.4. The van der Waals surface area contributed by atoms with E-state index in [4.69, 9.17) is 32.9 Å². The van der Waals surface area contributed by atoms with Crippen molar-refractivity contribution in [2.24, 2.45) is 0 Å². The highest BCUT2D eigenvalue weighted by atomic mass is 35.5. The molecular weight excluding hydrogens is 691 g/mol. The number of amides is 1. The molecular formula is C38H36Cl2N6O5. The highest BCUT2D eigenvalue weighted by molar-refractivity contribution is 6.39. The van der Waals surface area contributed by atoms with E-state index in [2.05, 4.69) is 15.6 Å². The number of hydrogen-bond acceptors (Lipinski definition) is 8. The Morgan fingerprint density at radius 3 is 2.47 bits per heavy atom. The van der Waals surface area contributed by atoms with Gasteiger partial charge in [-0.25, -0.2) is 9.97 Å². The number of likely N-dealkylation sites (tertiary alicyclic amines) is 1. The van der Waals surface area contributed by atoms with Gasteiger partial charge in [-0.15, -0.1) is 0 Å². The van der Waals surface area contributed by atoms with E-state index in [1.54, 1.807) is 19.4 Å². The van der Waals surface area contributed by atoms with E-state index in [1.807, 2.05) is 59.5 Å². The minimum absolute atomic E-state index is 0.0871. The molecule has 3 N–H and O–H groups in total. The Hall–Kier alpha value is -4.81. The first kappa shape index (κ1) is 34.6. The Morgan fingerprint density at radius 1 is 1.00 bits per heavy atom. The number of aromatic nitrogens is 3. The van der Waals surface area contributed by atoms with Crippen LogP contribution in [0.2, 0.25) is 10.0 Å². The molecule has 0 bridgehead atoms. The van der Waals surface area contributed by atoms with Crippen molar-refractivity contribution < 1.29 is 19.4 Å². The molecule has 3 aromatic heterocycles. The van der Waals surface area contributed by atoms with Crippen LogP contribution in [-0.4, -0.2) is 68.5 Å². The van der Waals surface area contributed by atoms with Crippen LogP contribution in [0.4, 0.5) is 0 Å². The van der Waals surface area contributed by atoms with Gasteiger partial charge in [-0.05, 0) is 49.6 Å². The Balaban J connectivity index is 1.14.